The molecule has 0 spiro atoms. The number of ketones is 1. The number of rotatable bonds is 3. The maximum absolute atomic E-state index is 14.3. The normalized spacial score (nSPS) is 17.0. The molecule has 1 aliphatic heterocycles. The summed E-state index contributed by atoms with van der Waals surface area (Å²) in [5, 5.41) is 0. The fraction of sp³-hybridized carbons (Fsp3) is 0.182. The van der Waals surface area contributed by atoms with Crippen LogP contribution in [0.5, 0.6) is 0 Å². The van der Waals surface area contributed by atoms with E-state index >= 15 is 0 Å². The van der Waals surface area contributed by atoms with E-state index in [9.17, 15) is 18.4 Å². The van der Waals surface area contributed by atoms with Crippen molar-refractivity contribution in [1.29, 1.82) is 0 Å². The zero-order valence-corrected chi connectivity index (χ0v) is 19.1. The maximum atomic E-state index is 14.3. The topological polar surface area (TPSA) is 46.6 Å². The van der Waals surface area contributed by atoms with Crippen molar-refractivity contribution < 1.29 is 23.1 Å². The van der Waals surface area contributed by atoms with E-state index in [1.54, 1.807) is 19.1 Å². The van der Waals surface area contributed by atoms with Gasteiger partial charge in [-0.05, 0) is 43.3 Å². The van der Waals surface area contributed by atoms with Gasteiger partial charge in [-0.15, -0.1) is 0 Å². The lowest BCUT2D eigenvalue weighted by molar-refractivity contribution is -0.113. The number of hydrogen-bond donors (Lipinski definition) is 0. The lowest BCUT2D eigenvalue weighted by Gasteiger charge is -2.29. The lowest BCUT2D eigenvalue weighted by atomic mass is 9.94. The van der Waals surface area contributed by atoms with Crippen molar-refractivity contribution in [2.24, 2.45) is 0 Å². The molecule has 0 radical (unpaired) electrons. The molecule has 2 aromatic carbocycles. The van der Waals surface area contributed by atoms with Gasteiger partial charge in [-0.1, -0.05) is 44.0 Å². The number of piperidine rings is 1. The average Bonchev–Trinajstić information content (AvgIpc) is 2.69. The molecule has 2 aromatic rings. The third-order valence-corrected chi connectivity index (χ3v) is 5.40. The van der Waals surface area contributed by atoms with Crippen LogP contribution in [0.15, 0.2) is 56.5 Å². The van der Waals surface area contributed by atoms with E-state index in [1.807, 2.05) is 0 Å². The molecule has 8 heteroatoms. The van der Waals surface area contributed by atoms with Crippen molar-refractivity contribution in [3.8, 4) is 0 Å². The van der Waals surface area contributed by atoms with E-state index in [4.69, 9.17) is 4.74 Å². The van der Waals surface area contributed by atoms with Crippen LogP contribution in [0.4, 0.5) is 13.6 Å². The minimum atomic E-state index is -0.602. The number of Topliss-reactive ketones (excluding diaryl/α,β-unsaturated/α-hetero) is 1. The van der Waals surface area contributed by atoms with Gasteiger partial charge in [0.1, 0.15) is 11.6 Å². The summed E-state index contributed by atoms with van der Waals surface area (Å²) in [4.78, 5) is 26.7. The van der Waals surface area contributed by atoms with Crippen molar-refractivity contribution in [3.63, 3.8) is 0 Å². The third kappa shape index (κ3) is 5.23. The highest BCUT2D eigenvalue weighted by atomic mass is 79.9. The predicted octanol–water partition coefficient (Wildman–Crippen LogP) is 6.00. The van der Waals surface area contributed by atoms with E-state index in [2.05, 4.69) is 31.9 Å². The van der Waals surface area contributed by atoms with Crippen LogP contribution in [0, 0.1) is 11.6 Å². The molecule has 3 rings (SSSR count). The Morgan fingerprint density at radius 2 is 1.47 bits per heavy atom. The van der Waals surface area contributed by atoms with Crippen LogP contribution in [0.2, 0.25) is 0 Å². The van der Waals surface area contributed by atoms with Gasteiger partial charge in [0, 0.05) is 31.2 Å². The van der Waals surface area contributed by atoms with E-state index in [1.165, 1.54) is 41.3 Å². The van der Waals surface area contributed by atoms with Crippen LogP contribution in [-0.2, 0) is 9.53 Å². The summed E-state index contributed by atoms with van der Waals surface area (Å²) in [6.07, 6.45) is 2.21. The van der Waals surface area contributed by atoms with Crippen LogP contribution < -0.4 is 0 Å². The van der Waals surface area contributed by atoms with E-state index in [0.29, 0.717) is 8.95 Å². The molecule has 1 heterocycles. The number of hydrogen-bond acceptors (Lipinski definition) is 3. The molecule has 0 aromatic heterocycles. The van der Waals surface area contributed by atoms with Crippen LogP contribution in [0.25, 0.3) is 12.2 Å². The molecule has 0 aliphatic carbocycles. The molecular weight excluding hydrogens is 524 g/mol. The Balaban J connectivity index is 2.03. The Morgan fingerprint density at radius 3 is 1.87 bits per heavy atom. The van der Waals surface area contributed by atoms with Gasteiger partial charge >= 0.3 is 6.09 Å². The Hall–Kier alpha value is -2.32. The summed E-state index contributed by atoms with van der Waals surface area (Å²) in [5.74, 6) is -1.40. The molecule has 1 aliphatic rings. The molecule has 0 saturated carbocycles. The van der Waals surface area contributed by atoms with Gasteiger partial charge in [0.15, 0.2) is 5.78 Å². The molecule has 1 amide bonds. The molecule has 0 N–H and O–H groups in total. The van der Waals surface area contributed by atoms with Crippen molar-refractivity contribution in [1.82, 2.24) is 4.90 Å². The minimum Gasteiger partial charge on any atom is -0.450 e. The summed E-state index contributed by atoms with van der Waals surface area (Å²) in [5.41, 5.74) is 0.835. The Labute approximate surface area is 189 Å². The standard InChI is InChI=1S/C22H17Br2F2NO3/c1-2-30-22(29)27-11-15(7-13-3-5-17(23)9-19(13)25)21(28)16(12-27)8-14-4-6-18(24)10-20(14)26/h3-10H,2,11-12H2,1H3. The molecule has 30 heavy (non-hydrogen) atoms. The molecule has 0 unspecified atom stereocenters. The SMILES string of the molecule is CCOC(=O)N1CC(=Cc2ccc(Br)cc2F)C(=O)C(=Cc2ccc(Br)cc2F)C1. The first-order valence-corrected chi connectivity index (χ1v) is 10.6. The van der Waals surface area contributed by atoms with Gasteiger partial charge in [-0.3, -0.25) is 9.69 Å². The fourth-order valence-electron chi connectivity index (χ4n) is 3.00. The van der Waals surface area contributed by atoms with Gasteiger partial charge in [0.25, 0.3) is 0 Å². The van der Waals surface area contributed by atoms with Gasteiger partial charge < -0.3 is 4.74 Å². The van der Waals surface area contributed by atoms with Crippen molar-refractivity contribution in [2.75, 3.05) is 19.7 Å². The number of carbonyl (C=O) groups is 2. The monoisotopic (exact) mass is 539 g/mol. The Bertz CT molecular complexity index is 993. The van der Waals surface area contributed by atoms with Crippen LogP contribution in [-0.4, -0.2) is 36.5 Å². The molecule has 0 bridgehead atoms. The Kier molecular flexibility index (Phi) is 7.20. The van der Waals surface area contributed by atoms with Crippen molar-refractivity contribution >= 4 is 55.9 Å². The number of ether oxygens (including phenoxy) is 1. The van der Waals surface area contributed by atoms with Crippen molar-refractivity contribution in [3.05, 3.63) is 79.3 Å². The van der Waals surface area contributed by atoms with Gasteiger partial charge in [0.2, 0.25) is 0 Å². The molecule has 156 valence electrons. The number of carbonyl (C=O) groups excluding carboxylic acids is 2. The first-order chi connectivity index (χ1) is 14.3. The zero-order valence-electron chi connectivity index (χ0n) is 15.9. The van der Waals surface area contributed by atoms with Gasteiger partial charge in [-0.2, -0.15) is 0 Å². The summed E-state index contributed by atoms with van der Waals surface area (Å²) in [6, 6.07) is 8.94. The second-order valence-corrected chi connectivity index (χ2v) is 8.39. The maximum Gasteiger partial charge on any atom is 0.410 e. The molecule has 0 atom stereocenters. The van der Waals surface area contributed by atoms with E-state index in [0.717, 1.165) is 0 Å². The summed E-state index contributed by atoms with van der Waals surface area (Å²) in [6.45, 7) is 1.78. The van der Waals surface area contributed by atoms with Gasteiger partial charge in [0.05, 0.1) is 19.7 Å². The first kappa shape index (κ1) is 22.4. The quantitative estimate of drug-likeness (QED) is 0.449. The third-order valence-electron chi connectivity index (χ3n) is 4.42. The molecule has 1 fully saturated rings. The second kappa shape index (κ2) is 9.66. The number of benzene rings is 2. The summed E-state index contributed by atoms with van der Waals surface area (Å²) in [7, 11) is 0. The fourth-order valence-corrected chi connectivity index (χ4v) is 3.66. The van der Waals surface area contributed by atoms with Gasteiger partial charge in [-0.25, -0.2) is 13.6 Å². The number of amides is 1. The lowest BCUT2D eigenvalue weighted by Crippen LogP contribution is -2.41. The first-order valence-electron chi connectivity index (χ1n) is 9.06. The molecule has 1 saturated heterocycles. The largest absolute Gasteiger partial charge is 0.450 e. The smallest absolute Gasteiger partial charge is 0.410 e. The number of nitrogens with zero attached hydrogens (tertiary/aromatic N) is 1. The van der Waals surface area contributed by atoms with Crippen LogP contribution >= 0.6 is 31.9 Å². The number of likely N-dealkylation sites (tertiary alicyclic amines) is 1. The summed E-state index contributed by atoms with van der Waals surface area (Å²) < 4.78 is 34.8. The minimum absolute atomic E-state index is 0.0344. The van der Waals surface area contributed by atoms with E-state index < -0.39 is 17.7 Å². The molecular formula is C22H17Br2F2NO3. The highest BCUT2D eigenvalue weighted by Crippen LogP contribution is 2.26. The van der Waals surface area contributed by atoms with Crippen LogP contribution in [0.3, 0.4) is 0 Å². The average molecular weight is 541 g/mol. The highest BCUT2D eigenvalue weighted by Gasteiger charge is 2.30. The zero-order chi connectivity index (χ0) is 21.8. The van der Waals surface area contributed by atoms with Crippen molar-refractivity contribution in [2.45, 2.75) is 6.92 Å². The predicted molar refractivity (Wildman–Crippen MR) is 118 cm³/mol. The molecule has 4 nitrogen and oxygen atoms in total. The second-order valence-electron chi connectivity index (χ2n) is 6.55. The van der Waals surface area contributed by atoms with Crippen LogP contribution in [0.1, 0.15) is 18.1 Å². The Morgan fingerprint density at radius 1 is 1.00 bits per heavy atom. The highest BCUT2D eigenvalue weighted by molar-refractivity contribution is 9.10. The number of halogens is 4. The summed E-state index contributed by atoms with van der Waals surface area (Å²) >= 11 is 6.39. The van der Waals surface area contributed by atoms with E-state index in [-0.39, 0.29) is 47.8 Å².